The SMILES string of the molecule is CCCc1cc(Cl)ccc1C1COc2ccc3cc2N(CCC/C=C\CCN(C)C(=O)C[C@@]3(O)C(=O)O)C1. The van der Waals surface area contributed by atoms with E-state index in [1.165, 1.54) is 16.0 Å². The number of benzene rings is 2. The minimum atomic E-state index is -2.35. The van der Waals surface area contributed by atoms with Gasteiger partial charge in [-0.3, -0.25) is 4.79 Å². The first-order chi connectivity index (χ1) is 18.2. The highest BCUT2D eigenvalue weighted by Gasteiger charge is 2.42. The minimum Gasteiger partial charge on any atom is -0.491 e. The number of amides is 1. The maximum absolute atomic E-state index is 12.9. The zero-order valence-corrected chi connectivity index (χ0v) is 22.9. The van der Waals surface area contributed by atoms with Crippen LogP contribution in [0.4, 0.5) is 5.69 Å². The summed E-state index contributed by atoms with van der Waals surface area (Å²) in [6.45, 7) is 4.48. The third kappa shape index (κ3) is 6.16. The summed E-state index contributed by atoms with van der Waals surface area (Å²) in [5, 5.41) is 22.1. The lowest BCUT2D eigenvalue weighted by Crippen LogP contribution is -2.42. The second kappa shape index (κ2) is 12.2. The number of anilines is 1. The van der Waals surface area contributed by atoms with Crippen LogP contribution in [0.25, 0.3) is 0 Å². The van der Waals surface area contributed by atoms with E-state index in [9.17, 15) is 19.8 Å². The van der Waals surface area contributed by atoms with Gasteiger partial charge in [0.2, 0.25) is 5.91 Å². The van der Waals surface area contributed by atoms with E-state index in [1.807, 2.05) is 12.1 Å². The molecule has 2 aromatic carbocycles. The van der Waals surface area contributed by atoms with E-state index in [1.54, 1.807) is 25.2 Å². The van der Waals surface area contributed by atoms with Crippen molar-refractivity contribution in [1.29, 1.82) is 0 Å². The lowest BCUT2D eigenvalue weighted by molar-refractivity contribution is -0.164. The number of aryl methyl sites for hydroxylation is 1. The minimum absolute atomic E-state index is 0.0795. The zero-order chi connectivity index (χ0) is 27.3. The molecule has 2 bridgehead atoms. The third-order valence-electron chi connectivity index (χ3n) is 7.51. The van der Waals surface area contributed by atoms with Crippen LogP contribution < -0.4 is 9.64 Å². The second-order valence-electron chi connectivity index (χ2n) is 10.3. The van der Waals surface area contributed by atoms with Gasteiger partial charge in [0.1, 0.15) is 5.75 Å². The van der Waals surface area contributed by atoms with Crippen LogP contribution in [0.3, 0.4) is 0 Å². The number of ether oxygens (including phenoxy) is 1. The van der Waals surface area contributed by atoms with Gasteiger partial charge in [0.25, 0.3) is 0 Å². The molecule has 0 saturated heterocycles. The van der Waals surface area contributed by atoms with Gasteiger partial charge >= 0.3 is 5.97 Å². The number of nitrogens with zero attached hydrogens (tertiary/aromatic N) is 2. The Balaban J connectivity index is 1.76. The van der Waals surface area contributed by atoms with Crippen molar-refractivity contribution in [2.45, 2.75) is 57.0 Å². The number of carbonyl (C=O) groups is 2. The van der Waals surface area contributed by atoms with Crippen LogP contribution in [0, 0.1) is 0 Å². The molecule has 2 N–H and O–H groups in total. The molecule has 7 nitrogen and oxygen atoms in total. The average molecular weight is 541 g/mol. The Kier molecular flexibility index (Phi) is 9.00. The fourth-order valence-electron chi connectivity index (χ4n) is 5.29. The molecular formula is C30H37ClN2O5. The molecule has 0 spiro atoms. The quantitative estimate of drug-likeness (QED) is 0.522. The van der Waals surface area contributed by atoms with E-state index in [-0.39, 0.29) is 11.5 Å². The number of halogens is 1. The Morgan fingerprint density at radius 2 is 1.95 bits per heavy atom. The standard InChI is InChI=1S/C30H37ClN2O5/c1-3-9-21-16-24(31)11-12-25(21)22-19-33-15-8-6-4-5-7-14-32(2)28(34)18-30(37,29(35)36)23-10-13-27(38-20-22)26(33)17-23/h4-5,10-13,16-17,22,37H,3,6-9,14-15,18-20H2,1-2H3,(H,35,36)/b5-4-/t22?,30-/m0/s1. The number of fused-ring (bicyclic) bond motifs is 1. The molecule has 1 amide bonds. The number of hydrogen-bond acceptors (Lipinski definition) is 5. The topological polar surface area (TPSA) is 90.3 Å². The highest BCUT2D eigenvalue weighted by molar-refractivity contribution is 6.30. The third-order valence-corrected chi connectivity index (χ3v) is 7.74. The van der Waals surface area contributed by atoms with E-state index in [2.05, 4.69) is 30.0 Å². The highest BCUT2D eigenvalue weighted by atomic mass is 35.5. The van der Waals surface area contributed by atoms with Crippen molar-refractivity contribution < 1.29 is 24.5 Å². The predicted octanol–water partition coefficient (Wildman–Crippen LogP) is 5.14. The fourth-order valence-corrected chi connectivity index (χ4v) is 5.49. The molecule has 2 aliphatic rings. The number of carboxylic acid groups (broad SMARTS) is 1. The van der Waals surface area contributed by atoms with Gasteiger partial charge in [-0.2, -0.15) is 0 Å². The summed E-state index contributed by atoms with van der Waals surface area (Å²) < 4.78 is 6.30. The summed E-state index contributed by atoms with van der Waals surface area (Å²) in [7, 11) is 1.63. The van der Waals surface area contributed by atoms with Gasteiger partial charge in [-0.05, 0) is 66.6 Å². The lowest BCUT2D eigenvalue weighted by Gasteiger charge is -2.30. The normalized spacial score (nSPS) is 23.6. The molecule has 38 heavy (non-hydrogen) atoms. The van der Waals surface area contributed by atoms with Crippen LogP contribution in [0.2, 0.25) is 5.02 Å². The van der Waals surface area contributed by atoms with E-state index in [0.29, 0.717) is 36.9 Å². The molecule has 0 saturated carbocycles. The number of allylic oxidation sites excluding steroid dienone is 1. The molecule has 0 fully saturated rings. The summed E-state index contributed by atoms with van der Waals surface area (Å²) in [6, 6.07) is 11.0. The van der Waals surface area contributed by atoms with Crippen molar-refractivity contribution in [1.82, 2.24) is 4.90 Å². The molecule has 2 heterocycles. The van der Waals surface area contributed by atoms with Crippen LogP contribution >= 0.6 is 11.6 Å². The molecule has 1 unspecified atom stereocenters. The molecule has 204 valence electrons. The van der Waals surface area contributed by atoms with Crippen LogP contribution in [0.1, 0.15) is 61.6 Å². The van der Waals surface area contributed by atoms with Gasteiger partial charge in [-0.1, -0.05) is 49.2 Å². The van der Waals surface area contributed by atoms with E-state index >= 15 is 0 Å². The van der Waals surface area contributed by atoms with Crippen LogP contribution in [0.15, 0.2) is 48.6 Å². The predicted molar refractivity (Wildman–Crippen MR) is 149 cm³/mol. The average Bonchev–Trinajstić information content (AvgIpc) is 3.06. The molecule has 0 radical (unpaired) electrons. The second-order valence-corrected chi connectivity index (χ2v) is 10.7. The Morgan fingerprint density at radius 3 is 2.71 bits per heavy atom. The van der Waals surface area contributed by atoms with Gasteiger partial charge in [0, 0.05) is 37.6 Å². The first kappa shape index (κ1) is 28.0. The molecular weight excluding hydrogens is 504 g/mol. The van der Waals surface area contributed by atoms with Crippen molar-refractivity contribution in [2.24, 2.45) is 0 Å². The molecule has 2 aromatic rings. The van der Waals surface area contributed by atoms with Gasteiger partial charge in [0.05, 0.1) is 18.7 Å². The highest BCUT2D eigenvalue weighted by Crippen LogP contribution is 2.40. The molecule has 8 heteroatoms. The summed E-state index contributed by atoms with van der Waals surface area (Å²) in [5.41, 5.74) is 0.970. The van der Waals surface area contributed by atoms with Crippen molar-refractivity contribution in [2.75, 3.05) is 38.2 Å². The lowest BCUT2D eigenvalue weighted by atomic mass is 9.89. The van der Waals surface area contributed by atoms with Crippen molar-refractivity contribution in [3.63, 3.8) is 0 Å². The zero-order valence-electron chi connectivity index (χ0n) is 22.2. The summed E-state index contributed by atoms with van der Waals surface area (Å²) in [4.78, 5) is 28.9. The number of carbonyl (C=O) groups excluding carboxylic acids is 1. The van der Waals surface area contributed by atoms with Gasteiger partial charge < -0.3 is 24.7 Å². The first-order valence-electron chi connectivity index (χ1n) is 13.4. The fraction of sp³-hybridized carbons (Fsp3) is 0.467. The number of rotatable bonds is 4. The van der Waals surface area contributed by atoms with Gasteiger partial charge in [-0.25, -0.2) is 4.79 Å². The van der Waals surface area contributed by atoms with Crippen molar-refractivity contribution in [3.8, 4) is 5.75 Å². The Hall–Kier alpha value is -3.03. The van der Waals surface area contributed by atoms with Gasteiger partial charge in [-0.15, -0.1) is 0 Å². The van der Waals surface area contributed by atoms with Crippen LogP contribution in [0.5, 0.6) is 5.75 Å². The molecule has 0 aliphatic carbocycles. The number of aliphatic hydroxyl groups is 1. The Labute approximate surface area is 229 Å². The van der Waals surface area contributed by atoms with Crippen LogP contribution in [-0.2, 0) is 21.6 Å². The van der Waals surface area contributed by atoms with E-state index < -0.39 is 23.9 Å². The Morgan fingerprint density at radius 1 is 1.16 bits per heavy atom. The maximum atomic E-state index is 12.9. The molecule has 2 aliphatic heterocycles. The van der Waals surface area contributed by atoms with Crippen LogP contribution in [-0.4, -0.2) is 60.3 Å². The summed E-state index contributed by atoms with van der Waals surface area (Å²) in [5.74, 6) is -1.16. The van der Waals surface area contributed by atoms with E-state index in [0.717, 1.165) is 37.9 Å². The number of hydrogen-bond donors (Lipinski definition) is 2. The smallest absolute Gasteiger partial charge is 0.340 e. The largest absolute Gasteiger partial charge is 0.491 e. The van der Waals surface area contributed by atoms with Crippen molar-refractivity contribution >= 4 is 29.2 Å². The monoisotopic (exact) mass is 540 g/mol. The maximum Gasteiger partial charge on any atom is 0.340 e. The Bertz CT molecular complexity index is 1200. The van der Waals surface area contributed by atoms with Crippen molar-refractivity contribution in [3.05, 3.63) is 70.3 Å². The molecule has 0 aromatic heterocycles. The number of aliphatic carboxylic acids is 1. The molecule has 4 rings (SSSR count). The summed E-state index contributed by atoms with van der Waals surface area (Å²) >= 11 is 6.32. The molecule has 2 atom stereocenters. The van der Waals surface area contributed by atoms with Gasteiger partial charge in [0.15, 0.2) is 5.60 Å². The van der Waals surface area contributed by atoms with E-state index in [4.69, 9.17) is 16.3 Å². The number of carboxylic acids is 1. The summed E-state index contributed by atoms with van der Waals surface area (Å²) in [6.07, 6.45) is 8.01. The first-order valence-corrected chi connectivity index (χ1v) is 13.8.